The quantitative estimate of drug-likeness (QED) is 0.299. The summed E-state index contributed by atoms with van der Waals surface area (Å²) in [5.41, 5.74) is 3.42. The van der Waals surface area contributed by atoms with Crippen molar-refractivity contribution in [2.24, 2.45) is 0 Å². The third kappa shape index (κ3) is 4.52. The zero-order valence-corrected chi connectivity index (χ0v) is 18.9. The largest absolute Gasteiger partial charge is 0.488 e. The van der Waals surface area contributed by atoms with Crippen molar-refractivity contribution >= 4 is 45.6 Å². The minimum absolute atomic E-state index is 0.234. The van der Waals surface area contributed by atoms with E-state index in [9.17, 15) is 9.90 Å². The number of carboxylic acid groups (broad SMARTS) is 1. The van der Waals surface area contributed by atoms with E-state index in [-0.39, 0.29) is 12.2 Å². The molecule has 0 fully saturated rings. The lowest BCUT2D eigenvalue weighted by Gasteiger charge is -2.17. The molecule has 0 heterocycles. The molecular weight excluding hydrogens is 445 g/mol. The van der Waals surface area contributed by atoms with Crippen LogP contribution in [0.15, 0.2) is 72.8 Å². The lowest BCUT2D eigenvalue weighted by atomic mass is 10.0. The number of nitrogens with one attached hydrogen (secondary N) is 1. The minimum Gasteiger partial charge on any atom is -0.488 e. The van der Waals surface area contributed by atoms with Gasteiger partial charge >= 0.3 is 5.97 Å². The van der Waals surface area contributed by atoms with Gasteiger partial charge in [-0.05, 0) is 53.6 Å². The first-order valence-electron chi connectivity index (χ1n) is 10.1. The summed E-state index contributed by atoms with van der Waals surface area (Å²) in [6, 6.07) is 22.6. The average molecular weight is 466 g/mol. The van der Waals surface area contributed by atoms with E-state index in [1.807, 2.05) is 42.5 Å². The average Bonchev–Trinajstić information content (AvgIpc) is 2.78. The number of rotatable bonds is 7. The third-order valence-corrected chi connectivity index (χ3v) is 6.16. The van der Waals surface area contributed by atoms with Gasteiger partial charge in [-0.3, -0.25) is 0 Å². The van der Waals surface area contributed by atoms with Crippen LogP contribution in [0.3, 0.4) is 0 Å². The molecule has 0 atom stereocenters. The molecule has 162 valence electrons. The van der Waals surface area contributed by atoms with Gasteiger partial charge in [0.1, 0.15) is 12.4 Å². The first-order valence-corrected chi connectivity index (χ1v) is 10.8. The fourth-order valence-corrected chi connectivity index (χ4v) is 4.20. The molecule has 4 rings (SSSR count). The molecule has 32 heavy (non-hydrogen) atoms. The molecule has 6 heteroatoms. The van der Waals surface area contributed by atoms with Gasteiger partial charge in [0.05, 0.1) is 5.56 Å². The van der Waals surface area contributed by atoms with Crippen LogP contribution in [-0.4, -0.2) is 11.1 Å². The van der Waals surface area contributed by atoms with Gasteiger partial charge in [-0.2, -0.15) is 0 Å². The number of fused-ring (bicyclic) bond motifs is 1. The highest BCUT2D eigenvalue weighted by Crippen LogP contribution is 2.32. The van der Waals surface area contributed by atoms with Crippen molar-refractivity contribution < 1.29 is 14.6 Å². The highest BCUT2D eigenvalue weighted by molar-refractivity contribution is 6.35. The van der Waals surface area contributed by atoms with Gasteiger partial charge in [-0.15, -0.1) is 0 Å². The molecule has 0 aliphatic rings. The fourth-order valence-electron chi connectivity index (χ4n) is 3.70. The molecule has 0 amide bonds. The molecule has 0 saturated carbocycles. The van der Waals surface area contributed by atoms with E-state index in [0.29, 0.717) is 27.9 Å². The van der Waals surface area contributed by atoms with Crippen molar-refractivity contribution in [3.8, 4) is 5.75 Å². The van der Waals surface area contributed by atoms with Gasteiger partial charge in [0.2, 0.25) is 0 Å². The maximum atomic E-state index is 11.5. The van der Waals surface area contributed by atoms with Gasteiger partial charge in [0.15, 0.2) is 0 Å². The second-order valence-electron chi connectivity index (χ2n) is 7.39. The maximum Gasteiger partial charge on any atom is 0.336 e. The number of hydrogen-bond donors (Lipinski definition) is 2. The summed E-state index contributed by atoms with van der Waals surface area (Å²) >= 11 is 12.6. The van der Waals surface area contributed by atoms with Crippen molar-refractivity contribution in [1.82, 2.24) is 0 Å². The Morgan fingerprint density at radius 3 is 2.38 bits per heavy atom. The number of carboxylic acids is 1. The molecule has 0 saturated heterocycles. The predicted octanol–water partition coefficient (Wildman–Crippen LogP) is 7.34. The van der Waals surface area contributed by atoms with Gasteiger partial charge in [-0.25, -0.2) is 4.79 Å². The molecule has 0 bridgehead atoms. The number of carbonyl (C=O) groups is 1. The van der Waals surface area contributed by atoms with Gasteiger partial charge in [0, 0.05) is 33.4 Å². The Morgan fingerprint density at radius 2 is 1.62 bits per heavy atom. The first kappa shape index (κ1) is 22.0. The first-order chi connectivity index (χ1) is 15.5. The van der Waals surface area contributed by atoms with Gasteiger partial charge in [0.25, 0.3) is 0 Å². The van der Waals surface area contributed by atoms with Crippen molar-refractivity contribution in [1.29, 1.82) is 0 Å². The van der Waals surface area contributed by atoms with E-state index >= 15 is 0 Å². The lowest BCUT2D eigenvalue weighted by molar-refractivity contribution is 0.0696. The smallest absolute Gasteiger partial charge is 0.336 e. The normalized spacial score (nSPS) is 10.8. The second kappa shape index (κ2) is 9.51. The lowest BCUT2D eigenvalue weighted by Crippen LogP contribution is -2.08. The standard InChI is InChI=1S/C26H21Cl2NO3/c1-16-18(26(30)31)8-4-11-24(16)29-14-20-19-7-3-2-6-17(19)12-13-25(20)32-15-21-22(27)9-5-10-23(21)28/h2-13,29H,14-15H2,1H3,(H,30,31). The van der Waals surface area contributed by atoms with E-state index < -0.39 is 5.97 Å². The number of hydrogen-bond acceptors (Lipinski definition) is 3. The highest BCUT2D eigenvalue weighted by atomic mass is 35.5. The molecule has 4 aromatic carbocycles. The number of aromatic carboxylic acids is 1. The van der Waals surface area contributed by atoms with Crippen LogP contribution in [-0.2, 0) is 13.2 Å². The monoisotopic (exact) mass is 465 g/mol. The number of anilines is 1. The molecule has 0 aliphatic heterocycles. The molecule has 0 unspecified atom stereocenters. The Kier molecular flexibility index (Phi) is 6.54. The van der Waals surface area contributed by atoms with Crippen LogP contribution < -0.4 is 10.1 Å². The van der Waals surface area contributed by atoms with Crippen LogP contribution in [0.25, 0.3) is 10.8 Å². The summed E-state index contributed by atoms with van der Waals surface area (Å²) in [5.74, 6) is -0.240. The van der Waals surface area contributed by atoms with Crippen molar-refractivity contribution in [2.45, 2.75) is 20.1 Å². The Morgan fingerprint density at radius 1 is 0.906 bits per heavy atom. The molecular formula is C26H21Cl2NO3. The number of ether oxygens (including phenoxy) is 1. The van der Waals surface area contributed by atoms with Crippen LogP contribution in [0, 0.1) is 6.92 Å². The van der Waals surface area contributed by atoms with Gasteiger partial charge in [-0.1, -0.05) is 65.7 Å². The molecule has 2 N–H and O–H groups in total. The highest BCUT2D eigenvalue weighted by Gasteiger charge is 2.14. The molecule has 0 spiro atoms. The molecule has 4 nitrogen and oxygen atoms in total. The summed E-state index contributed by atoms with van der Waals surface area (Å²) in [5, 5.41) is 16.0. The minimum atomic E-state index is -0.947. The Bertz CT molecular complexity index is 1280. The molecule has 0 aromatic heterocycles. The van der Waals surface area contributed by atoms with Crippen LogP contribution in [0.5, 0.6) is 5.75 Å². The Labute approximate surface area is 196 Å². The van der Waals surface area contributed by atoms with E-state index in [1.165, 1.54) is 0 Å². The van der Waals surface area contributed by atoms with Gasteiger partial charge < -0.3 is 15.2 Å². The SMILES string of the molecule is Cc1c(NCc2c(OCc3c(Cl)cccc3Cl)ccc3ccccc23)cccc1C(=O)O. The van der Waals surface area contributed by atoms with Crippen LogP contribution in [0.1, 0.15) is 27.0 Å². The van der Waals surface area contributed by atoms with Crippen LogP contribution in [0.4, 0.5) is 5.69 Å². The summed E-state index contributed by atoms with van der Waals surface area (Å²) in [6.07, 6.45) is 0. The summed E-state index contributed by atoms with van der Waals surface area (Å²) in [4.78, 5) is 11.5. The molecule has 4 aromatic rings. The Balaban J connectivity index is 1.67. The van der Waals surface area contributed by atoms with Crippen molar-refractivity contribution in [3.63, 3.8) is 0 Å². The zero-order chi connectivity index (χ0) is 22.7. The van der Waals surface area contributed by atoms with E-state index in [4.69, 9.17) is 27.9 Å². The summed E-state index contributed by atoms with van der Waals surface area (Å²) in [7, 11) is 0. The Hall–Kier alpha value is -3.21. The van der Waals surface area contributed by atoms with E-state index in [2.05, 4.69) is 5.32 Å². The molecule has 0 radical (unpaired) electrons. The van der Waals surface area contributed by atoms with Crippen molar-refractivity contribution in [2.75, 3.05) is 5.32 Å². The zero-order valence-electron chi connectivity index (χ0n) is 17.4. The number of benzene rings is 4. The van der Waals surface area contributed by atoms with E-state index in [0.717, 1.165) is 27.6 Å². The van der Waals surface area contributed by atoms with Crippen LogP contribution in [0.2, 0.25) is 10.0 Å². The van der Waals surface area contributed by atoms with E-state index in [1.54, 1.807) is 37.3 Å². The third-order valence-electron chi connectivity index (χ3n) is 5.45. The van der Waals surface area contributed by atoms with Crippen LogP contribution >= 0.6 is 23.2 Å². The second-order valence-corrected chi connectivity index (χ2v) is 8.20. The fraction of sp³-hybridized carbons (Fsp3) is 0.115. The van der Waals surface area contributed by atoms with Crippen molar-refractivity contribution in [3.05, 3.63) is 105 Å². The molecule has 0 aliphatic carbocycles. The number of halogens is 2. The summed E-state index contributed by atoms with van der Waals surface area (Å²) in [6.45, 7) is 2.49. The summed E-state index contributed by atoms with van der Waals surface area (Å²) < 4.78 is 6.17. The maximum absolute atomic E-state index is 11.5. The topological polar surface area (TPSA) is 58.6 Å². The predicted molar refractivity (Wildman–Crippen MR) is 130 cm³/mol.